The Kier molecular flexibility index (Phi) is 6.54. The molecule has 0 aromatic heterocycles. The largest absolute Gasteiger partial charge is 0.511 e. The quantitative estimate of drug-likeness (QED) is 0.391. The van der Waals surface area contributed by atoms with E-state index >= 15 is 0 Å². The highest BCUT2D eigenvalue weighted by Gasteiger charge is 2.62. The Bertz CT molecular complexity index is 1480. The summed E-state index contributed by atoms with van der Waals surface area (Å²) in [4.78, 5) is 39.8. The second-order valence-corrected chi connectivity index (χ2v) is 11.5. The molecule has 4 unspecified atom stereocenters. The van der Waals surface area contributed by atoms with Crippen LogP contribution in [0, 0.1) is 23.7 Å². The monoisotopic (exact) mass is 530 g/mol. The number of carbonyl (C=O) groups is 3. The van der Waals surface area contributed by atoms with E-state index in [9.17, 15) is 34.8 Å². The summed E-state index contributed by atoms with van der Waals surface area (Å²) in [7, 11) is 0. The SMILES string of the molecule is CCCc1cccc(-c2ccc(O)c3c2CC2CC4C(C(C)C)C(O)=C(C(C)=O)C(=O)C4(O)C(O)=C2C3=O)c1. The molecule has 0 fully saturated rings. The average Bonchev–Trinajstić information content (AvgIpc) is 2.86. The van der Waals surface area contributed by atoms with Gasteiger partial charge in [0.2, 0.25) is 5.78 Å². The van der Waals surface area contributed by atoms with Crippen molar-refractivity contribution in [3.8, 4) is 16.9 Å². The number of rotatable bonds is 5. The number of phenolic OH excluding ortho intramolecular Hbond substituents is 1. The number of benzene rings is 2. The van der Waals surface area contributed by atoms with Crippen LogP contribution in [-0.4, -0.2) is 43.4 Å². The fraction of sp³-hybridized carbons (Fsp3) is 0.406. The van der Waals surface area contributed by atoms with Crippen LogP contribution in [0.3, 0.4) is 0 Å². The van der Waals surface area contributed by atoms with Crippen LogP contribution in [0.4, 0.5) is 0 Å². The number of allylic oxidation sites excluding steroid dienone is 2. The Morgan fingerprint density at radius 1 is 1.10 bits per heavy atom. The van der Waals surface area contributed by atoms with E-state index < -0.39 is 52.0 Å². The van der Waals surface area contributed by atoms with Gasteiger partial charge in [-0.2, -0.15) is 0 Å². The predicted molar refractivity (Wildman–Crippen MR) is 145 cm³/mol. The van der Waals surface area contributed by atoms with Crippen LogP contribution in [0.2, 0.25) is 0 Å². The Morgan fingerprint density at radius 2 is 1.82 bits per heavy atom. The Morgan fingerprint density at radius 3 is 2.46 bits per heavy atom. The Labute approximate surface area is 227 Å². The summed E-state index contributed by atoms with van der Waals surface area (Å²) in [5, 5.41) is 45.1. The summed E-state index contributed by atoms with van der Waals surface area (Å²) >= 11 is 0. The van der Waals surface area contributed by atoms with Gasteiger partial charge < -0.3 is 20.4 Å². The highest BCUT2D eigenvalue weighted by atomic mass is 16.3. The predicted octanol–water partition coefficient (Wildman–Crippen LogP) is 5.19. The number of hydrogen-bond acceptors (Lipinski definition) is 7. The van der Waals surface area contributed by atoms with Crippen LogP contribution in [0.1, 0.15) is 62.0 Å². The van der Waals surface area contributed by atoms with Gasteiger partial charge in [-0.25, -0.2) is 0 Å². The minimum absolute atomic E-state index is 0.0436. The molecule has 2 aromatic rings. The van der Waals surface area contributed by atoms with Crippen LogP contribution in [-0.2, 0) is 22.4 Å². The van der Waals surface area contributed by atoms with Crippen molar-refractivity contribution in [1.82, 2.24) is 0 Å². The molecule has 0 spiro atoms. The zero-order valence-electron chi connectivity index (χ0n) is 22.6. The summed E-state index contributed by atoms with van der Waals surface area (Å²) in [6.45, 7) is 6.85. The highest BCUT2D eigenvalue weighted by Crippen LogP contribution is 2.55. The standard InChI is InChI=1S/C32H34O7/c1-5-7-17-8-6-9-18(12-17)20-10-11-23(34)27-21(20)13-19-14-22-24(15(2)3)28(35)25(16(4)33)30(37)32(22,39)31(38)26(19)29(27)36/h6,8-12,15,19,22,24,34-35,38-39H,5,7,13-14H2,1-4H3. The Balaban J connectivity index is 1.70. The first-order valence-electron chi connectivity index (χ1n) is 13.6. The van der Waals surface area contributed by atoms with Crippen molar-refractivity contribution in [3.63, 3.8) is 0 Å². The summed E-state index contributed by atoms with van der Waals surface area (Å²) in [6, 6.07) is 11.3. The topological polar surface area (TPSA) is 132 Å². The maximum atomic E-state index is 13.9. The summed E-state index contributed by atoms with van der Waals surface area (Å²) < 4.78 is 0. The third kappa shape index (κ3) is 3.86. The van der Waals surface area contributed by atoms with E-state index in [0.29, 0.717) is 5.56 Å². The second-order valence-electron chi connectivity index (χ2n) is 11.5. The highest BCUT2D eigenvalue weighted by molar-refractivity contribution is 6.25. The van der Waals surface area contributed by atoms with Crippen molar-refractivity contribution >= 4 is 17.3 Å². The lowest BCUT2D eigenvalue weighted by Crippen LogP contribution is -2.60. The van der Waals surface area contributed by atoms with Crippen LogP contribution in [0.5, 0.6) is 5.75 Å². The summed E-state index contributed by atoms with van der Waals surface area (Å²) in [5.74, 6) is -6.41. The smallest absolute Gasteiger partial charge is 0.209 e. The molecule has 0 aliphatic heterocycles. The molecule has 0 saturated heterocycles. The first-order chi connectivity index (χ1) is 18.4. The summed E-state index contributed by atoms with van der Waals surface area (Å²) in [6.07, 6.45) is 2.31. The first-order valence-corrected chi connectivity index (χ1v) is 13.6. The zero-order valence-corrected chi connectivity index (χ0v) is 22.6. The van der Waals surface area contributed by atoms with Crippen molar-refractivity contribution in [1.29, 1.82) is 0 Å². The number of fused-ring (bicyclic) bond motifs is 3. The van der Waals surface area contributed by atoms with E-state index in [1.54, 1.807) is 6.07 Å². The van der Waals surface area contributed by atoms with Gasteiger partial charge >= 0.3 is 0 Å². The van der Waals surface area contributed by atoms with Crippen molar-refractivity contribution in [2.75, 3.05) is 0 Å². The van der Waals surface area contributed by atoms with Gasteiger partial charge in [0.05, 0.1) is 5.56 Å². The number of aliphatic hydroxyl groups is 3. The first kappa shape index (κ1) is 26.9. The second kappa shape index (κ2) is 9.49. The molecular formula is C32H34O7. The van der Waals surface area contributed by atoms with Gasteiger partial charge in [-0.3, -0.25) is 14.4 Å². The molecule has 5 rings (SSSR count). The molecule has 3 aliphatic rings. The maximum absolute atomic E-state index is 13.9. The molecular weight excluding hydrogens is 496 g/mol. The number of carbonyl (C=O) groups excluding carboxylic acids is 3. The lowest BCUT2D eigenvalue weighted by atomic mass is 9.55. The van der Waals surface area contributed by atoms with Crippen molar-refractivity contribution < 1.29 is 34.8 Å². The van der Waals surface area contributed by atoms with Crippen molar-refractivity contribution in [2.45, 2.75) is 59.0 Å². The lowest BCUT2D eigenvalue weighted by molar-refractivity contribution is -0.149. The minimum atomic E-state index is -2.52. The molecule has 4 N–H and O–H groups in total. The van der Waals surface area contributed by atoms with Gasteiger partial charge in [0.25, 0.3) is 0 Å². The van der Waals surface area contributed by atoms with E-state index in [-0.39, 0.29) is 41.4 Å². The normalized spacial score (nSPS) is 26.5. The lowest BCUT2D eigenvalue weighted by Gasteiger charge is -2.50. The zero-order chi connectivity index (χ0) is 28.4. The number of Topliss-reactive ketones (excluding diaryl/α,β-unsaturated/α-hetero) is 3. The van der Waals surface area contributed by atoms with E-state index in [1.807, 2.05) is 32.0 Å². The van der Waals surface area contributed by atoms with Crippen LogP contribution >= 0.6 is 0 Å². The van der Waals surface area contributed by atoms with Gasteiger partial charge in [0.15, 0.2) is 17.2 Å². The fourth-order valence-electron chi connectivity index (χ4n) is 7.05. The molecule has 0 heterocycles. The van der Waals surface area contributed by atoms with Gasteiger partial charge in [-0.05, 0) is 66.3 Å². The molecule has 0 saturated carbocycles. The molecule has 39 heavy (non-hydrogen) atoms. The number of hydrogen-bond donors (Lipinski definition) is 4. The van der Waals surface area contributed by atoms with Crippen LogP contribution < -0.4 is 0 Å². The molecule has 0 radical (unpaired) electrons. The van der Waals surface area contributed by atoms with E-state index in [4.69, 9.17) is 0 Å². The van der Waals surface area contributed by atoms with E-state index in [0.717, 1.165) is 36.5 Å². The number of aryl methyl sites for hydroxylation is 1. The molecule has 4 atom stereocenters. The van der Waals surface area contributed by atoms with E-state index in [2.05, 4.69) is 13.0 Å². The maximum Gasteiger partial charge on any atom is 0.209 e. The number of aliphatic hydroxyl groups excluding tert-OH is 2. The minimum Gasteiger partial charge on any atom is -0.511 e. The fourth-order valence-corrected chi connectivity index (χ4v) is 7.05. The Hall–Kier alpha value is -3.71. The van der Waals surface area contributed by atoms with Crippen LogP contribution in [0.25, 0.3) is 11.1 Å². The summed E-state index contributed by atoms with van der Waals surface area (Å²) in [5.41, 5.74) is 0.373. The number of ketones is 3. The molecule has 0 amide bonds. The molecule has 2 aromatic carbocycles. The van der Waals surface area contributed by atoms with E-state index in [1.165, 1.54) is 6.07 Å². The van der Waals surface area contributed by atoms with Gasteiger partial charge in [-0.1, -0.05) is 57.5 Å². The van der Waals surface area contributed by atoms with Gasteiger partial charge in [-0.15, -0.1) is 0 Å². The molecule has 7 heteroatoms. The third-order valence-corrected chi connectivity index (χ3v) is 8.74. The molecule has 204 valence electrons. The molecule has 7 nitrogen and oxygen atoms in total. The average molecular weight is 531 g/mol. The molecule has 3 aliphatic carbocycles. The van der Waals surface area contributed by atoms with Crippen LogP contribution in [0.15, 0.2) is 59.1 Å². The number of aromatic hydroxyl groups is 1. The van der Waals surface area contributed by atoms with Crippen molar-refractivity contribution in [2.24, 2.45) is 23.7 Å². The molecule has 0 bridgehead atoms. The van der Waals surface area contributed by atoms with Crippen molar-refractivity contribution in [3.05, 3.63) is 75.8 Å². The number of phenols is 1. The van der Waals surface area contributed by atoms with Gasteiger partial charge in [0, 0.05) is 17.4 Å². The van der Waals surface area contributed by atoms with Gasteiger partial charge in [0.1, 0.15) is 22.8 Å². The third-order valence-electron chi connectivity index (χ3n) is 8.74.